The second-order valence-corrected chi connectivity index (χ2v) is 5.35. The SMILES string of the molecule is C=CCc1cc(C(=O)NCCNC(=O)c2ccco2)cc(OC)c1OC. The van der Waals surface area contributed by atoms with Gasteiger partial charge in [-0.05, 0) is 30.7 Å². The summed E-state index contributed by atoms with van der Waals surface area (Å²) in [5.41, 5.74) is 1.25. The lowest BCUT2D eigenvalue weighted by molar-refractivity contribution is 0.0910. The van der Waals surface area contributed by atoms with Gasteiger partial charge in [0.1, 0.15) is 0 Å². The first kappa shape index (κ1) is 19.1. The number of hydrogen-bond donors (Lipinski definition) is 2. The molecular weight excluding hydrogens is 336 g/mol. The van der Waals surface area contributed by atoms with Crippen molar-refractivity contribution in [2.75, 3.05) is 27.3 Å². The fourth-order valence-electron chi connectivity index (χ4n) is 2.43. The van der Waals surface area contributed by atoms with Crippen LogP contribution in [0, 0.1) is 0 Å². The van der Waals surface area contributed by atoms with Gasteiger partial charge in [-0.15, -0.1) is 6.58 Å². The third kappa shape index (κ3) is 4.66. The van der Waals surface area contributed by atoms with Crippen LogP contribution in [-0.4, -0.2) is 39.1 Å². The highest BCUT2D eigenvalue weighted by molar-refractivity contribution is 5.95. The van der Waals surface area contributed by atoms with E-state index < -0.39 is 0 Å². The molecule has 2 rings (SSSR count). The van der Waals surface area contributed by atoms with Crippen LogP contribution >= 0.6 is 0 Å². The van der Waals surface area contributed by atoms with Crippen molar-refractivity contribution in [3.63, 3.8) is 0 Å². The quantitative estimate of drug-likeness (QED) is 0.530. The van der Waals surface area contributed by atoms with E-state index in [0.717, 1.165) is 5.56 Å². The van der Waals surface area contributed by atoms with Gasteiger partial charge in [-0.25, -0.2) is 0 Å². The summed E-state index contributed by atoms with van der Waals surface area (Å²) in [7, 11) is 3.06. The number of allylic oxidation sites excluding steroid dienone is 1. The van der Waals surface area contributed by atoms with Crippen molar-refractivity contribution in [3.05, 3.63) is 60.1 Å². The van der Waals surface area contributed by atoms with E-state index in [0.29, 0.717) is 23.5 Å². The molecular formula is C19H22N2O5. The first-order chi connectivity index (χ1) is 12.6. The van der Waals surface area contributed by atoms with Gasteiger partial charge in [0, 0.05) is 24.2 Å². The van der Waals surface area contributed by atoms with Crippen LogP contribution in [0.2, 0.25) is 0 Å². The predicted octanol–water partition coefficient (Wildman–Crippen LogP) is 2.19. The van der Waals surface area contributed by atoms with E-state index in [9.17, 15) is 9.59 Å². The summed E-state index contributed by atoms with van der Waals surface area (Å²) in [6.07, 6.45) is 3.69. The van der Waals surface area contributed by atoms with Gasteiger partial charge in [0.2, 0.25) is 0 Å². The number of benzene rings is 1. The lowest BCUT2D eigenvalue weighted by Crippen LogP contribution is -2.34. The second kappa shape index (κ2) is 9.31. The van der Waals surface area contributed by atoms with Gasteiger partial charge in [0.25, 0.3) is 11.8 Å². The van der Waals surface area contributed by atoms with Gasteiger partial charge in [0.05, 0.1) is 20.5 Å². The highest BCUT2D eigenvalue weighted by atomic mass is 16.5. The van der Waals surface area contributed by atoms with Gasteiger partial charge in [0.15, 0.2) is 17.3 Å². The van der Waals surface area contributed by atoms with E-state index in [-0.39, 0.29) is 30.7 Å². The van der Waals surface area contributed by atoms with Gasteiger partial charge in [-0.2, -0.15) is 0 Å². The Balaban J connectivity index is 1.97. The Morgan fingerprint density at radius 3 is 2.46 bits per heavy atom. The van der Waals surface area contributed by atoms with Crippen molar-refractivity contribution in [3.8, 4) is 11.5 Å². The molecule has 0 aliphatic heterocycles. The fraction of sp³-hybridized carbons (Fsp3) is 0.263. The first-order valence-corrected chi connectivity index (χ1v) is 8.06. The number of ether oxygens (including phenoxy) is 2. The van der Waals surface area contributed by atoms with Crippen molar-refractivity contribution in [2.24, 2.45) is 0 Å². The normalized spacial score (nSPS) is 10.1. The lowest BCUT2D eigenvalue weighted by atomic mass is 10.0. The molecule has 0 unspecified atom stereocenters. The molecule has 1 aromatic heterocycles. The fourth-order valence-corrected chi connectivity index (χ4v) is 2.43. The molecule has 1 heterocycles. The maximum Gasteiger partial charge on any atom is 0.287 e. The summed E-state index contributed by atoms with van der Waals surface area (Å²) in [6, 6.07) is 6.55. The third-order valence-corrected chi connectivity index (χ3v) is 3.62. The number of hydrogen-bond acceptors (Lipinski definition) is 5. The first-order valence-electron chi connectivity index (χ1n) is 8.06. The largest absolute Gasteiger partial charge is 0.493 e. The van der Waals surface area contributed by atoms with Gasteiger partial charge in [-0.1, -0.05) is 6.08 Å². The highest BCUT2D eigenvalue weighted by Gasteiger charge is 2.15. The van der Waals surface area contributed by atoms with E-state index in [4.69, 9.17) is 13.9 Å². The zero-order valence-electron chi connectivity index (χ0n) is 14.8. The third-order valence-electron chi connectivity index (χ3n) is 3.62. The van der Waals surface area contributed by atoms with E-state index >= 15 is 0 Å². The number of carbonyl (C=O) groups excluding carboxylic acids is 2. The van der Waals surface area contributed by atoms with Crippen LogP contribution in [0.4, 0.5) is 0 Å². The average molecular weight is 358 g/mol. The lowest BCUT2D eigenvalue weighted by Gasteiger charge is -2.14. The van der Waals surface area contributed by atoms with Crippen molar-refractivity contribution < 1.29 is 23.5 Å². The molecule has 0 aliphatic carbocycles. The summed E-state index contributed by atoms with van der Waals surface area (Å²) >= 11 is 0. The molecule has 26 heavy (non-hydrogen) atoms. The maximum absolute atomic E-state index is 12.4. The molecule has 138 valence electrons. The molecule has 0 radical (unpaired) electrons. The van der Waals surface area contributed by atoms with Crippen molar-refractivity contribution in [1.29, 1.82) is 0 Å². The molecule has 7 nitrogen and oxygen atoms in total. The van der Waals surface area contributed by atoms with Gasteiger partial charge in [-0.3, -0.25) is 9.59 Å². The summed E-state index contributed by atoms with van der Waals surface area (Å²) in [6.45, 7) is 4.26. The maximum atomic E-state index is 12.4. The second-order valence-electron chi connectivity index (χ2n) is 5.35. The zero-order chi connectivity index (χ0) is 18.9. The highest BCUT2D eigenvalue weighted by Crippen LogP contribution is 2.33. The average Bonchev–Trinajstić information content (AvgIpc) is 3.19. The van der Waals surface area contributed by atoms with Crippen molar-refractivity contribution in [1.82, 2.24) is 10.6 Å². The van der Waals surface area contributed by atoms with Gasteiger partial charge >= 0.3 is 0 Å². The smallest absolute Gasteiger partial charge is 0.287 e. The molecule has 0 fully saturated rings. The molecule has 0 aliphatic rings. The molecule has 2 aromatic rings. The number of methoxy groups -OCH3 is 2. The van der Waals surface area contributed by atoms with Crippen LogP contribution in [0.5, 0.6) is 11.5 Å². The Morgan fingerprint density at radius 2 is 1.88 bits per heavy atom. The van der Waals surface area contributed by atoms with Crippen molar-refractivity contribution >= 4 is 11.8 Å². The standard InChI is InChI=1S/C19H22N2O5/c1-4-6-13-11-14(12-16(24-2)17(13)25-3)18(22)20-8-9-21-19(23)15-7-5-10-26-15/h4-5,7,10-12H,1,6,8-9H2,2-3H3,(H,20,22)(H,21,23). The van der Waals surface area contributed by atoms with Gasteiger partial charge < -0.3 is 24.5 Å². The Kier molecular flexibility index (Phi) is 6.84. The zero-order valence-corrected chi connectivity index (χ0v) is 14.8. The minimum atomic E-state index is -0.330. The molecule has 0 saturated heterocycles. The minimum Gasteiger partial charge on any atom is -0.493 e. The Hall–Kier alpha value is -3.22. The van der Waals surface area contributed by atoms with E-state index in [1.54, 1.807) is 37.5 Å². The molecule has 0 spiro atoms. The summed E-state index contributed by atoms with van der Waals surface area (Å²) in [5, 5.41) is 5.41. The van der Waals surface area contributed by atoms with E-state index in [1.807, 2.05) is 0 Å². The molecule has 0 atom stereocenters. The number of nitrogens with one attached hydrogen (secondary N) is 2. The van der Waals surface area contributed by atoms with Crippen molar-refractivity contribution in [2.45, 2.75) is 6.42 Å². The predicted molar refractivity (Wildman–Crippen MR) is 96.8 cm³/mol. The summed E-state index contributed by atoms with van der Waals surface area (Å²) in [5.74, 6) is 0.676. The molecule has 0 bridgehead atoms. The molecule has 7 heteroatoms. The minimum absolute atomic E-state index is 0.227. The number of carbonyl (C=O) groups is 2. The molecule has 1 aromatic carbocycles. The number of rotatable bonds is 9. The number of furan rings is 1. The Bertz CT molecular complexity index is 768. The van der Waals surface area contributed by atoms with E-state index in [2.05, 4.69) is 17.2 Å². The van der Waals surface area contributed by atoms with Crippen LogP contribution in [-0.2, 0) is 6.42 Å². The van der Waals surface area contributed by atoms with E-state index in [1.165, 1.54) is 13.4 Å². The molecule has 0 saturated carbocycles. The van der Waals surface area contributed by atoms with Crippen LogP contribution < -0.4 is 20.1 Å². The van der Waals surface area contributed by atoms with Crippen LogP contribution in [0.1, 0.15) is 26.5 Å². The van der Waals surface area contributed by atoms with Crippen LogP contribution in [0.25, 0.3) is 0 Å². The Morgan fingerprint density at radius 1 is 1.15 bits per heavy atom. The monoisotopic (exact) mass is 358 g/mol. The number of amides is 2. The van der Waals surface area contributed by atoms with Crippen LogP contribution in [0.15, 0.2) is 47.6 Å². The molecule has 2 amide bonds. The Labute approximate surface area is 152 Å². The van der Waals surface area contributed by atoms with Crippen LogP contribution in [0.3, 0.4) is 0 Å². The summed E-state index contributed by atoms with van der Waals surface area (Å²) < 4.78 is 15.7. The summed E-state index contributed by atoms with van der Waals surface area (Å²) in [4.78, 5) is 24.1. The molecule has 2 N–H and O–H groups in total. The topological polar surface area (TPSA) is 89.8 Å².